The van der Waals surface area contributed by atoms with E-state index in [0.717, 1.165) is 58.2 Å². The second-order valence-corrected chi connectivity index (χ2v) is 14.4. The van der Waals surface area contributed by atoms with Crippen LogP contribution >= 0.6 is 11.8 Å². The topological polar surface area (TPSA) is 74.2 Å². The molecule has 7 heteroatoms. The van der Waals surface area contributed by atoms with Gasteiger partial charge in [0.15, 0.2) is 5.79 Å². The highest BCUT2D eigenvalue weighted by atomic mass is 32.2. The lowest BCUT2D eigenvalue weighted by atomic mass is 9.48. The first-order chi connectivity index (χ1) is 16.0. The van der Waals surface area contributed by atoms with Gasteiger partial charge in [-0.25, -0.2) is 4.89 Å². The van der Waals surface area contributed by atoms with Crippen LogP contribution in [0.25, 0.3) is 0 Å². The summed E-state index contributed by atoms with van der Waals surface area (Å²) in [5, 5.41) is 10.1. The van der Waals surface area contributed by atoms with Crippen molar-refractivity contribution in [3.8, 4) is 0 Å². The lowest BCUT2D eigenvalue weighted by Crippen LogP contribution is -2.64. The minimum absolute atomic E-state index is 0.0584. The molecule has 3 aliphatic carbocycles. The molecule has 0 aromatic heterocycles. The van der Waals surface area contributed by atoms with E-state index in [1.807, 2.05) is 13.8 Å². The van der Waals surface area contributed by atoms with Gasteiger partial charge in [0.25, 0.3) is 0 Å². The van der Waals surface area contributed by atoms with Crippen LogP contribution in [0.1, 0.15) is 92.4 Å². The number of hydrogen-bond donors (Lipinski definition) is 1. The number of thioether (sulfide) groups is 1. The van der Waals surface area contributed by atoms with Crippen molar-refractivity contribution in [2.75, 3.05) is 13.2 Å². The normalized spacial score (nSPS) is 45.8. The van der Waals surface area contributed by atoms with Crippen LogP contribution < -0.4 is 0 Å². The Morgan fingerprint density at radius 1 is 1.12 bits per heavy atom. The molecule has 1 N–H and O–H groups in total. The lowest BCUT2D eigenvalue weighted by molar-refractivity contribution is -0.315. The van der Waals surface area contributed by atoms with E-state index in [0.29, 0.717) is 28.9 Å². The van der Waals surface area contributed by atoms with Crippen molar-refractivity contribution >= 4 is 17.7 Å². The number of ether oxygens (including phenoxy) is 3. The minimum atomic E-state index is -0.607. The van der Waals surface area contributed by atoms with E-state index in [2.05, 4.69) is 25.6 Å². The van der Waals surface area contributed by atoms with E-state index in [1.165, 1.54) is 19.8 Å². The van der Waals surface area contributed by atoms with Crippen LogP contribution in [0.4, 0.5) is 0 Å². The van der Waals surface area contributed by atoms with Crippen molar-refractivity contribution in [2.45, 2.75) is 120 Å². The maximum absolute atomic E-state index is 11.6. The van der Waals surface area contributed by atoms with E-state index in [9.17, 15) is 10.1 Å². The minimum Gasteiger partial charge on any atom is -0.463 e. The molecular formula is C27H44O6S. The SMILES string of the molecule is CC(=O)O[C@@H]1CC[C@]2(C)C3C(CC(C)(C)OO)S[C@@]4(C)[C@@H](CCC45OCCCO5)[C@@H]3CC[C@@H]2C1. The molecule has 0 aromatic carbocycles. The summed E-state index contributed by atoms with van der Waals surface area (Å²) < 4.78 is 18.6. The first-order valence-corrected chi connectivity index (χ1v) is 14.4. The summed E-state index contributed by atoms with van der Waals surface area (Å²) in [6.45, 7) is 12.0. The summed E-state index contributed by atoms with van der Waals surface area (Å²) >= 11 is 2.08. The molecule has 194 valence electrons. The van der Waals surface area contributed by atoms with Crippen LogP contribution in [0, 0.1) is 29.1 Å². The first kappa shape index (κ1) is 25.3. The highest BCUT2D eigenvalue weighted by Gasteiger charge is 2.70. The van der Waals surface area contributed by atoms with Crippen LogP contribution in [0.2, 0.25) is 0 Å². The maximum atomic E-state index is 11.6. The van der Waals surface area contributed by atoms with Crippen molar-refractivity contribution in [3.05, 3.63) is 0 Å². The Balaban J connectivity index is 1.49. The molecule has 3 saturated carbocycles. The van der Waals surface area contributed by atoms with E-state index in [1.54, 1.807) is 0 Å². The van der Waals surface area contributed by atoms with Gasteiger partial charge < -0.3 is 14.2 Å². The number of esters is 1. The van der Waals surface area contributed by atoms with Gasteiger partial charge in [-0.3, -0.25) is 10.1 Å². The van der Waals surface area contributed by atoms with E-state index >= 15 is 0 Å². The molecule has 1 spiro atoms. The van der Waals surface area contributed by atoms with Gasteiger partial charge in [-0.2, -0.15) is 0 Å². The number of hydrogen-bond acceptors (Lipinski definition) is 7. The standard InChI is InChI=1S/C27H44O6S/c1-17(28)32-19-9-11-25(4)18(15-19)7-8-20-21-10-12-27(30-13-6-14-31-27)26(21,5)34-22(23(20)25)16-24(2,3)33-29/h18-23,29H,6-16H2,1-5H3/t18-,19-,20+,21+,22?,23?,25+,26+/m1/s1. The van der Waals surface area contributed by atoms with Crippen molar-refractivity contribution in [1.82, 2.24) is 0 Å². The monoisotopic (exact) mass is 496 g/mol. The summed E-state index contributed by atoms with van der Waals surface area (Å²) in [5.41, 5.74) is -0.405. The van der Waals surface area contributed by atoms with Gasteiger partial charge in [-0.05, 0) is 101 Å². The third-order valence-corrected chi connectivity index (χ3v) is 12.2. The molecule has 2 aliphatic heterocycles. The molecule has 2 unspecified atom stereocenters. The number of carbonyl (C=O) groups excluding carboxylic acids is 1. The Hall–Kier alpha value is -0.340. The first-order valence-electron chi connectivity index (χ1n) is 13.5. The van der Waals surface area contributed by atoms with Gasteiger partial charge in [0, 0.05) is 18.6 Å². The summed E-state index contributed by atoms with van der Waals surface area (Å²) in [6.07, 6.45) is 9.40. The molecule has 34 heavy (non-hydrogen) atoms. The third-order valence-electron chi connectivity index (χ3n) is 10.3. The molecule has 6 nitrogen and oxygen atoms in total. The van der Waals surface area contributed by atoms with Gasteiger partial charge in [0.05, 0.1) is 23.6 Å². The Kier molecular flexibility index (Phi) is 6.62. The molecule has 5 rings (SSSR count). The zero-order valence-electron chi connectivity index (χ0n) is 21.6. The van der Waals surface area contributed by atoms with Crippen LogP contribution in [0.15, 0.2) is 0 Å². The zero-order valence-corrected chi connectivity index (χ0v) is 22.5. The van der Waals surface area contributed by atoms with E-state index in [-0.39, 0.29) is 22.2 Å². The maximum Gasteiger partial charge on any atom is 0.302 e. The van der Waals surface area contributed by atoms with Crippen molar-refractivity contribution in [1.29, 1.82) is 0 Å². The molecule has 5 aliphatic rings. The van der Waals surface area contributed by atoms with Gasteiger partial charge in [-0.15, -0.1) is 11.8 Å². The number of fused-ring (bicyclic) bond motifs is 6. The van der Waals surface area contributed by atoms with E-state index < -0.39 is 11.4 Å². The molecule has 5 fully saturated rings. The fraction of sp³-hybridized carbons (Fsp3) is 0.963. The summed E-state index contributed by atoms with van der Waals surface area (Å²) in [4.78, 5) is 16.6. The smallest absolute Gasteiger partial charge is 0.302 e. The molecule has 2 heterocycles. The molecule has 8 atom stereocenters. The third kappa shape index (κ3) is 3.96. The second kappa shape index (κ2) is 8.90. The fourth-order valence-electron chi connectivity index (χ4n) is 8.86. The van der Waals surface area contributed by atoms with Crippen LogP contribution in [-0.4, -0.2) is 51.9 Å². The summed E-state index contributed by atoms with van der Waals surface area (Å²) in [6, 6.07) is 0. The molecule has 0 bridgehead atoms. The Morgan fingerprint density at radius 2 is 1.85 bits per heavy atom. The fourth-order valence-corrected chi connectivity index (χ4v) is 11.5. The van der Waals surface area contributed by atoms with Crippen LogP contribution in [0.3, 0.4) is 0 Å². The van der Waals surface area contributed by atoms with Gasteiger partial charge in [-0.1, -0.05) is 6.92 Å². The predicted molar refractivity (Wildman–Crippen MR) is 131 cm³/mol. The molecule has 0 radical (unpaired) electrons. The largest absolute Gasteiger partial charge is 0.463 e. The van der Waals surface area contributed by atoms with Crippen LogP contribution in [0.5, 0.6) is 0 Å². The van der Waals surface area contributed by atoms with Crippen molar-refractivity contribution < 1.29 is 29.1 Å². The van der Waals surface area contributed by atoms with Crippen molar-refractivity contribution in [2.24, 2.45) is 29.1 Å². The van der Waals surface area contributed by atoms with Crippen molar-refractivity contribution in [3.63, 3.8) is 0 Å². The average molecular weight is 497 g/mol. The zero-order chi connectivity index (χ0) is 24.4. The molecule has 2 saturated heterocycles. The predicted octanol–water partition coefficient (Wildman–Crippen LogP) is 5.83. The lowest BCUT2D eigenvalue weighted by Gasteiger charge is -2.64. The number of rotatable bonds is 4. The quantitative estimate of drug-likeness (QED) is 0.298. The highest BCUT2D eigenvalue weighted by molar-refractivity contribution is 8.01. The molecule has 0 aromatic rings. The van der Waals surface area contributed by atoms with Crippen LogP contribution in [-0.2, 0) is 23.9 Å². The van der Waals surface area contributed by atoms with E-state index in [4.69, 9.17) is 19.1 Å². The Labute approximate surface area is 209 Å². The molecular weight excluding hydrogens is 452 g/mol. The Morgan fingerprint density at radius 3 is 2.53 bits per heavy atom. The molecule has 0 amide bonds. The van der Waals surface area contributed by atoms with Gasteiger partial charge >= 0.3 is 5.97 Å². The highest BCUT2D eigenvalue weighted by Crippen LogP contribution is 2.71. The number of carbonyl (C=O) groups is 1. The summed E-state index contributed by atoms with van der Waals surface area (Å²) in [7, 11) is 0. The summed E-state index contributed by atoms with van der Waals surface area (Å²) in [5.74, 6) is 1.65. The second-order valence-electron chi connectivity index (χ2n) is 12.7. The van der Waals surface area contributed by atoms with Gasteiger partial charge in [0.2, 0.25) is 0 Å². The average Bonchev–Trinajstić information content (AvgIpc) is 3.05. The van der Waals surface area contributed by atoms with Gasteiger partial charge in [0.1, 0.15) is 6.10 Å². The Bertz CT molecular complexity index is 781.